The first kappa shape index (κ1) is 8.44. The number of halogens is 2. The predicted molar refractivity (Wildman–Crippen MR) is 38.7 cm³/mol. The molecule has 0 aliphatic carbocycles. The quantitative estimate of drug-likeness (QED) is 0.622. The SMILES string of the molecule is CC(=O)[C@@H](Cl)[C@H](C)Br. The number of ketones is 1. The molecule has 1 nitrogen and oxygen atoms in total. The summed E-state index contributed by atoms with van der Waals surface area (Å²) < 4.78 is 0. The summed E-state index contributed by atoms with van der Waals surface area (Å²) in [4.78, 5) is 10.5. The number of carbonyl (C=O) groups is 1. The molecule has 0 heterocycles. The van der Waals surface area contributed by atoms with Crippen LogP contribution in [0.3, 0.4) is 0 Å². The maximum Gasteiger partial charge on any atom is 0.148 e. The Hall–Kier alpha value is 0.440. The molecule has 0 unspecified atom stereocenters. The highest BCUT2D eigenvalue weighted by atomic mass is 79.9. The number of alkyl halides is 2. The molecule has 2 atom stereocenters. The summed E-state index contributed by atoms with van der Waals surface area (Å²) in [6.45, 7) is 3.33. The minimum atomic E-state index is -0.380. The van der Waals surface area contributed by atoms with Crippen molar-refractivity contribution in [2.45, 2.75) is 24.1 Å². The molecule has 0 aliphatic rings. The minimum absolute atomic E-state index is 0.0102. The molecule has 0 fully saturated rings. The third-order valence-corrected chi connectivity index (χ3v) is 2.31. The highest BCUT2D eigenvalue weighted by Crippen LogP contribution is 2.11. The van der Waals surface area contributed by atoms with Crippen LogP contribution in [0.15, 0.2) is 0 Å². The Morgan fingerprint density at radius 1 is 1.75 bits per heavy atom. The van der Waals surface area contributed by atoms with Crippen molar-refractivity contribution in [3.05, 3.63) is 0 Å². The van der Waals surface area contributed by atoms with E-state index in [4.69, 9.17) is 11.6 Å². The van der Waals surface area contributed by atoms with Crippen molar-refractivity contribution < 1.29 is 4.79 Å². The largest absolute Gasteiger partial charge is 0.298 e. The van der Waals surface area contributed by atoms with Gasteiger partial charge < -0.3 is 0 Å². The van der Waals surface area contributed by atoms with Crippen molar-refractivity contribution in [2.75, 3.05) is 0 Å². The van der Waals surface area contributed by atoms with Gasteiger partial charge in [0, 0.05) is 4.83 Å². The number of Topliss-reactive ketones (excluding diaryl/α,β-unsaturated/α-hetero) is 1. The van der Waals surface area contributed by atoms with Gasteiger partial charge >= 0.3 is 0 Å². The summed E-state index contributed by atoms with van der Waals surface area (Å²) in [5.74, 6) is 0.0102. The van der Waals surface area contributed by atoms with Crippen LogP contribution in [0.2, 0.25) is 0 Å². The first-order chi connectivity index (χ1) is 3.55. The van der Waals surface area contributed by atoms with E-state index in [1.807, 2.05) is 6.92 Å². The lowest BCUT2D eigenvalue weighted by Gasteiger charge is -2.05. The zero-order valence-electron chi connectivity index (χ0n) is 4.82. The Kier molecular flexibility index (Phi) is 3.65. The smallest absolute Gasteiger partial charge is 0.148 e. The summed E-state index contributed by atoms with van der Waals surface area (Å²) in [5.41, 5.74) is 0. The topological polar surface area (TPSA) is 17.1 Å². The van der Waals surface area contributed by atoms with Crippen molar-refractivity contribution in [2.24, 2.45) is 0 Å². The van der Waals surface area contributed by atoms with Gasteiger partial charge in [-0.05, 0) is 6.92 Å². The van der Waals surface area contributed by atoms with E-state index in [-0.39, 0.29) is 16.0 Å². The van der Waals surface area contributed by atoms with Crippen molar-refractivity contribution in [3.8, 4) is 0 Å². The van der Waals surface area contributed by atoms with Gasteiger partial charge in [-0.3, -0.25) is 4.79 Å². The monoisotopic (exact) mass is 198 g/mol. The zero-order chi connectivity index (χ0) is 6.73. The highest BCUT2D eigenvalue weighted by molar-refractivity contribution is 9.09. The lowest BCUT2D eigenvalue weighted by Crippen LogP contribution is -2.18. The van der Waals surface area contributed by atoms with E-state index in [0.29, 0.717) is 0 Å². The molecule has 0 amide bonds. The molecule has 8 heavy (non-hydrogen) atoms. The predicted octanol–water partition coefficient (Wildman–Crippen LogP) is 1.97. The van der Waals surface area contributed by atoms with Crippen LogP contribution < -0.4 is 0 Å². The molecule has 0 aromatic rings. The third-order valence-electron chi connectivity index (χ3n) is 0.792. The van der Waals surface area contributed by atoms with Crippen LogP contribution in [-0.2, 0) is 4.79 Å². The molecule has 0 spiro atoms. The van der Waals surface area contributed by atoms with Crippen molar-refractivity contribution in [1.29, 1.82) is 0 Å². The van der Waals surface area contributed by atoms with Crippen molar-refractivity contribution >= 4 is 33.3 Å². The fourth-order valence-electron chi connectivity index (χ4n) is 0.323. The zero-order valence-corrected chi connectivity index (χ0v) is 7.16. The highest BCUT2D eigenvalue weighted by Gasteiger charge is 2.14. The fraction of sp³-hybridized carbons (Fsp3) is 0.800. The molecule has 0 radical (unpaired) electrons. The van der Waals surface area contributed by atoms with Crippen LogP contribution in [0.4, 0.5) is 0 Å². The molecule has 0 aromatic carbocycles. The van der Waals surface area contributed by atoms with Gasteiger partial charge in [0.25, 0.3) is 0 Å². The molecule has 0 saturated carbocycles. The van der Waals surface area contributed by atoms with E-state index < -0.39 is 0 Å². The first-order valence-electron chi connectivity index (χ1n) is 2.34. The summed E-state index contributed by atoms with van der Waals surface area (Å²) in [5, 5.41) is -0.380. The third kappa shape index (κ3) is 2.68. The van der Waals surface area contributed by atoms with Crippen molar-refractivity contribution in [1.82, 2.24) is 0 Å². The average Bonchev–Trinajstić information content (AvgIpc) is 1.64. The van der Waals surface area contributed by atoms with E-state index in [1.165, 1.54) is 6.92 Å². The number of carbonyl (C=O) groups excluding carboxylic acids is 1. The second kappa shape index (κ2) is 3.46. The van der Waals surface area contributed by atoms with Crippen LogP contribution in [0, 0.1) is 0 Å². The van der Waals surface area contributed by atoms with E-state index >= 15 is 0 Å². The lowest BCUT2D eigenvalue weighted by atomic mass is 10.2. The number of rotatable bonds is 2. The first-order valence-corrected chi connectivity index (χ1v) is 3.69. The van der Waals surface area contributed by atoms with Gasteiger partial charge in [-0.15, -0.1) is 11.6 Å². The molecule has 0 N–H and O–H groups in total. The van der Waals surface area contributed by atoms with Gasteiger partial charge in [-0.2, -0.15) is 0 Å². The van der Waals surface area contributed by atoms with Gasteiger partial charge in [-0.25, -0.2) is 0 Å². The summed E-state index contributed by atoms with van der Waals surface area (Å²) in [6, 6.07) is 0. The second-order valence-corrected chi connectivity index (χ2v) is 3.60. The molecule has 0 rings (SSSR count). The lowest BCUT2D eigenvalue weighted by molar-refractivity contribution is -0.116. The molecule has 3 heteroatoms. The van der Waals surface area contributed by atoms with E-state index in [2.05, 4.69) is 15.9 Å². The van der Waals surface area contributed by atoms with E-state index in [9.17, 15) is 4.79 Å². The Bertz CT molecular complexity index is 92.4. The Balaban J connectivity index is 3.64. The molecular formula is C5H8BrClO. The number of hydrogen-bond acceptors (Lipinski definition) is 1. The summed E-state index contributed by atoms with van der Waals surface area (Å²) >= 11 is 8.74. The van der Waals surface area contributed by atoms with Gasteiger partial charge in [0.2, 0.25) is 0 Å². The summed E-state index contributed by atoms with van der Waals surface area (Å²) in [6.07, 6.45) is 0. The second-order valence-electron chi connectivity index (χ2n) is 1.69. The molecule has 0 aromatic heterocycles. The van der Waals surface area contributed by atoms with E-state index in [0.717, 1.165) is 0 Å². The molecule has 48 valence electrons. The Morgan fingerprint density at radius 2 is 2.12 bits per heavy atom. The summed E-state index contributed by atoms with van der Waals surface area (Å²) in [7, 11) is 0. The number of hydrogen-bond donors (Lipinski definition) is 0. The van der Waals surface area contributed by atoms with E-state index in [1.54, 1.807) is 0 Å². The van der Waals surface area contributed by atoms with Crippen LogP contribution in [0.5, 0.6) is 0 Å². The maximum absolute atomic E-state index is 10.4. The molecule has 0 saturated heterocycles. The van der Waals surface area contributed by atoms with Gasteiger partial charge in [0.05, 0.1) is 0 Å². The normalized spacial score (nSPS) is 17.5. The van der Waals surface area contributed by atoms with Crippen LogP contribution in [0.1, 0.15) is 13.8 Å². The standard InChI is InChI=1S/C5H8BrClO/c1-3(6)5(7)4(2)8/h3,5H,1-2H3/t3-,5-/m0/s1. The van der Waals surface area contributed by atoms with Crippen LogP contribution in [-0.4, -0.2) is 16.0 Å². The Labute approximate surface area is 62.5 Å². The molecular weight excluding hydrogens is 191 g/mol. The van der Waals surface area contributed by atoms with Gasteiger partial charge in [0.15, 0.2) is 0 Å². The average molecular weight is 199 g/mol. The minimum Gasteiger partial charge on any atom is -0.298 e. The van der Waals surface area contributed by atoms with Crippen LogP contribution >= 0.6 is 27.5 Å². The molecule has 0 bridgehead atoms. The Morgan fingerprint density at radius 3 is 2.12 bits per heavy atom. The van der Waals surface area contributed by atoms with Gasteiger partial charge in [-0.1, -0.05) is 22.9 Å². The van der Waals surface area contributed by atoms with Crippen LogP contribution in [0.25, 0.3) is 0 Å². The fourth-order valence-corrected chi connectivity index (χ4v) is 0.696. The van der Waals surface area contributed by atoms with Gasteiger partial charge in [0.1, 0.15) is 11.2 Å². The molecule has 0 aliphatic heterocycles. The maximum atomic E-state index is 10.4. The van der Waals surface area contributed by atoms with Crippen molar-refractivity contribution in [3.63, 3.8) is 0 Å².